The molecule has 0 amide bonds. The van der Waals surface area contributed by atoms with Crippen molar-refractivity contribution in [3.63, 3.8) is 0 Å². The van der Waals surface area contributed by atoms with Crippen LogP contribution in [0.15, 0.2) is 66.7 Å². The monoisotopic (exact) mass is 462 g/mol. The van der Waals surface area contributed by atoms with Gasteiger partial charge in [0, 0.05) is 16.1 Å². The number of halogens is 4. The number of fused-ring (bicyclic) bond motifs is 2. The van der Waals surface area contributed by atoms with Crippen molar-refractivity contribution in [3.8, 4) is 0 Å². The predicted molar refractivity (Wildman–Crippen MR) is 118 cm³/mol. The van der Waals surface area contributed by atoms with Crippen LogP contribution in [0.5, 0.6) is 0 Å². The maximum absolute atomic E-state index is 12.6. The summed E-state index contributed by atoms with van der Waals surface area (Å²) in [6.07, 6.45) is 3.66. The summed E-state index contributed by atoms with van der Waals surface area (Å²) in [5, 5.41) is 2.89. The van der Waals surface area contributed by atoms with Crippen molar-refractivity contribution >= 4 is 61.1 Å². The van der Waals surface area contributed by atoms with Gasteiger partial charge in [-0.15, -0.1) is 0 Å². The van der Waals surface area contributed by atoms with Gasteiger partial charge in [-0.3, -0.25) is 4.72 Å². The predicted octanol–water partition coefficient (Wildman–Crippen LogP) is 6.47. The number of nitrogens with one attached hydrogen (secondary N) is 1. The third-order valence-corrected chi connectivity index (χ3v) is 5.93. The second-order valence-corrected chi connectivity index (χ2v) is 8.85. The van der Waals surface area contributed by atoms with Crippen LogP contribution in [0.2, 0.25) is 5.02 Å². The van der Waals surface area contributed by atoms with Gasteiger partial charge in [0.2, 0.25) is 0 Å². The van der Waals surface area contributed by atoms with Crippen LogP contribution in [0.25, 0.3) is 33.8 Å². The van der Waals surface area contributed by atoms with Crippen LogP contribution >= 0.6 is 11.6 Å². The van der Waals surface area contributed by atoms with E-state index in [1.165, 1.54) is 12.1 Å². The van der Waals surface area contributed by atoms with Crippen LogP contribution < -0.4 is 4.72 Å². The van der Waals surface area contributed by atoms with E-state index < -0.39 is 15.5 Å². The van der Waals surface area contributed by atoms with Crippen molar-refractivity contribution in [2.45, 2.75) is 5.51 Å². The Morgan fingerprint density at radius 3 is 2.48 bits per heavy atom. The van der Waals surface area contributed by atoms with Gasteiger partial charge >= 0.3 is 15.5 Å². The van der Waals surface area contributed by atoms with Gasteiger partial charge in [0.1, 0.15) is 0 Å². The molecule has 0 aliphatic heterocycles. The molecule has 9 heteroatoms. The minimum absolute atomic E-state index is 0.166. The molecule has 0 aliphatic rings. The highest BCUT2D eigenvalue weighted by Gasteiger charge is 2.46. The molecule has 1 heterocycles. The number of hydrogen-bond donors (Lipinski definition) is 1. The normalized spacial score (nSPS) is 12.6. The van der Waals surface area contributed by atoms with Gasteiger partial charge in [0.15, 0.2) is 0 Å². The Kier molecular flexibility index (Phi) is 5.36. The van der Waals surface area contributed by atoms with Gasteiger partial charge in [0.05, 0.1) is 11.2 Å². The first-order chi connectivity index (χ1) is 14.6. The summed E-state index contributed by atoms with van der Waals surface area (Å²) >= 11 is 5.99. The standard InChI is InChI=1S/C22H14ClF3N2O2S/c23-17-6-11-21-16(12-17)5-8-18(27-21)7-4-14-2-1-3-15-13-19(9-10-20(14)15)28-31(29,30)22(24,25)26/h1-13,28H/b7-4+. The lowest BCUT2D eigenvalue weighted by Crippen LogP contribution is -2.29. The summed E-state index contributed by atoms with van der Waals surface area (Å²) in [6, 6.07) is 18.7. The molecule has 1 N–H and O–H groups in total. The van der Waals surface area contributed by atoms with Crippen molar-refractivity contribution in [1.29, 1.82) is 0 Å². The molecule has 0 saturated heterocycles. The fraction of sp³-hybridized carbons (Fsp3) is 0.0455. The van der Waals surface area contributed by atoms with E-state index in [0.717, 1.165) is 27.5 Å². The lowest BCUT2D eigenvalue weighted by Gasteiger charge is -2.11. The number of aromatic nitrogens is 1. The lowest BCUT2D eigenvalue weighted by molar-refractivity contribution is -0.0429. The lowest BCUT2D eigenvalue weighted by atomic mass is 10.0. The molecule has 4 nitrogen and oxygen atoms in total. The maximum Gasteiger partial charge on any atom is 0.516 e. The van der Waals surface area contributed by atoms with Gasteiger partial charge in [0.25, 0.3) is 0 Å². The Bertz CT molecular complexity index is 1430. The van der Waals surface area contributed by atoms with Gasteiger partial charge in [-0.05, 0) is 58.8 Å². The fourth-order valence-electron chi connectivity index (χ4n) is 3.11. The topological polar surface area (TPSA) is 59.1 Å². The third kappa shape index (κ3) is 4.50. The Morgan fingerprint density at radius 1 is 0.903 bits per heavy atom. The molecule has 0 spiro atoms. The largest absolute Gasteiger partial charge is 0.516 e. The smallest absolute Gasteiger partial charge is 0.276 e. The van der Waals surface area contributed by atoms with Crippen molar-refractivity contribution in [2.24, 2.45) is 0 Å². The van der Waals surface area contributed by atoms with Crippen LogP contribution in [-0.4, -0.2) is 18.9 Å². The highest BCUT2D eigenvalue weighted by molar-refractivity contribution is 7.93. The van der Waals surface area contributed by atoms with Crippen molar-refractivity contribution < 1.29 is 21.6 Å². The number of benzene rings is 3. The van der Waals surface area contributed by atoms with E-state index in [2.05, 4.69) is 4.98 Å². The molecule has 158 valence electrons. The van der Waals surface area contributed by atoms with Gasteiger partial charge in [-0.1, -0.05) is 48.0 Å². The zero-order chi connectivity index (χ0) is 22.2. The van der Waals surface area contributed by atoms with Crippen molar-refractivity contribution in [1.82, 2.24) is 4.98 Å². The molecule has 3 aromatic carbocycles. The highest BCUT2D eigenvalue weighted by Crippen LogP contribution is 2.29. The average Bonchev–Trinajstić information content (AvgIpc) is 2.70. The zero-order valence-corrected chi connectivity index (χ0v) is 17.3. The van der Waals surface area contributed by atoms with Crippen LogP contribution in [0.1, 0.15) is 11.3 Å². The third-order valence-electron chi connectivity index (χ3n) is 4.58. The summed E-state index contributed by atoms with van der Waals surface area (Å²) in [6.45, 7) is 0. The van der Waals surface area contributed by atoms with Crippen LogP contribution in [-0.2, 0) is 10.0 Å². The number of anilines is 1. The Balaban J connectivity index is 1.65. The molecule has 0 aliphatic carbocycles. The van der Waals surface area contributed by atoms with Crippen LogP contribution in [0, 0.1) is 0 Å². The summed E-state index contributed by atoms with van der Waals surface area (Å²) in [5.74, 6) is 0. The van der Waals surface area contributed by atoms with Crippen molar-refractivity contribution in [2.75, 3.05) is 4.72 Å². The molecule has 4 aromatic rings. The molecule has 4 rings (SSSR count). The van der Waals surface area contributed by atoms with E-state index in [1.54, 1.807) is 29.0 Å². The zero-order valence-electron chi connectivity index (χ0n) is 15.7. The number of rotatable bonds is 4. The molecule has 0 saturated carbocycles. The molecular weight excluding hydrogens is 449 g/mol. The number of sulfonamides is 1. The highest BCUT2D eigenvalue weighted by atomic mass is 35.5. The van der Waals surface area contributed by atoms with Gasteiger partial charge in [-0.2, -0.15) is 21.6 Å². The number of nitrogens with zero attached hydrogens (tertiary/aromatic N) is 1. The molecule has 0 bridgehead atoms. The van der Waals surface area contributed by atoms with Crippen molar-refractivity contribution in [3.05, 3.63) is 83.0 Å². The number of hydrogen-bond acceptors (Lipinski definition) is 3. The molecular formula is C22H14ClF3N2O2S. The Labute approximate surface area is 181 Å². The Morgan fingerprint density at radius 2 is 1.71 bits per heavy atom. The first kappa shape index (κ1) is 21.1. The summed E-state index contributed by atoms with van der Waals surface area (Å²) in [4.78, 5) is 4.56. The first-order valence-electron chi connectivity index (χ1n) is 8.99. The van der Waals surface area contributed by atoms with Crippen LogP contribution in [0.3, 0.4) is 0 Å². The molecule has 31 heavy (non-hydrogen) atoms. The minimum Gasteiger partial charge on any atom is -0.276 e. The van der Waals surface area contributed by atoms with E-state index in [1.807, 2.05) is 42.5 Å². The maximum atomic E-state index is 12.6. The van der Waals surface area contributed by atoms with Gasteiger partial charge < -0.3 is 0 Å². The molecule has 0 atom stereocenters. The number of pyridine rings is 1. The van der Waals surface area contributed by atoms with E-state index in [-0.39, 0.29) is 5.69 Å². The summed E-state index contributed by atoms with van der Waals surface area (Å²) in [7, 11) is -5.48. The second kappa shape index (κ2) is 7.86. The van der Waals surface area contributed by atoms with Crippen LogP contribution in [0.4, 0.5) is 18.9 Å². The summed E-state index contributed by atoms with van der Waals surface area (Å²) in [5.41, 5.74) is -3.22. The average molecular weight is 463 g/mol. The van der Waals surface area contributed by atoms with E-state index in [0.29, 0.717) is 10.4 Å². The minimum atomic E-state index is -5.48. The second-order valence-electron chi connectivity index (χ2n) is 6.74. The molecule has 0 unspecified atom stereocenters. The summed E-state index contributed by atoms with van der Waals surface area (Å²) < 4.78 is 62.0. The van der Waals surface area contributed by atoms with E-state index in [9.17, 15) is 21.6 Å². The first-order valence-corrected chi connectivity index (χ1v) is 10.8. The van der Waals surface area contributed by atoms with E-state index >= 15 is 0 Å². The van der Waals surface area contributed by atoms with Gasteiger partial charge in [-0.25, -0.2) is 4.98 Å². The fourth-order valence-corrected chi connectivity index (χ4v) is 3.84. The number of alkyl halides is 3. The molecule has 0 fully saturated rings. The SMILES string of the molecule is O=S(=O)(Nc1ccc2c(/C=C/c3ccc4cc(Cl)ccc4n3)cccc2c1)C(F)(F)F. The Hall–Kier alpha value is -3.10. The quantitative estimate of drug-likeness (QED) is 0.378. The van der Waals surface area contributed by atoms with E-state index in [4.69, 9.17) is 11.6 Å². The molecule has 0 radical (unpaired) electrons. The molecule has 1 aromatic heterocycles.